The molecular formula is C13H25NO2. The van der Waals surface area contributed by atoms with Crippen LogP contribution in [0.5, 0.6) is 0 Å². The molecule has 3 heteroatoms. The van der Waals surface area contributed by atoms with Gasteiger partial charge in [-0.05, 0) is 44.1 Å². The van der Waals surface area contributed by atoms with E-state index >= 15 is 0 Å². The van der Waals surface area contributed by atoms with Crippen molar-refractivity contribution in [2.24, 2.45) is 17.6 Å². The highest BCUT2D eigenvalue weighted by molar-refractivity contribution is 5.69. The zero-order valence-electron chi connectivity index (χ0n) is 10.6. The van der Waals surface area contributed by atoms with Gasteiger partial charge >= 0.3 is 5.97 Å². The molecule has 1 saturated carbocycles. The zero-order valence-corrected chi connectivity index (χ0v) is 10.6. The van der Waals surface area contributed by atoms with Crippen molar-refractivity contribution < 1.29 is 9.53 Å². The van der Waals surface area contributed by atoms with E-state index in [4.69, 9.17) is 10.5 Å². The van der Waals surface area contributed by atoms with Gasteiger partial charge in [-0.15, -0.1) is 0 Å². The highest BCUT2D eigenvalue weighted by Gasteiger charge is 2.24. The Bertz CT molecular complexity index is 218. The molecule has 3 atom stereocenters. The van der Waals surface area contributed by atoms with Crippen molar-refractivity contribution >= 4 is 5.97 Å². The molecule has 0 aromatic carbocycles. The third-order valence-corrected chi connectivity index (χ3v) is 3.56. The minimum absolute atomic E-state index is 0.0425. The minimum atomic E-state index is -0.0425. The lowest BCUT2D eigenvalue weighted by atomic mass is 9.88. The van der Waals surface area contributed by atoms with Crippen LogP contribution in [0, 0.1) is 11.8 Å². The molecule has 0 bridgehead atoms. The van der Waals surface area contributed by atoms with Crippen molar-refractivity contribution in [3.63, 3.8) is 0 Å². The second kappa shape index (κ2) is 6.89. The molecule has 0 radical (unpaired) electrons. The van der Waals surface area contributed by atoms with Crippen LogP contribution in [0.3, 0.4) is 0 Å². The van der Waals surface area contributed by atoms with Gasteiger partial charge < -0.3 is 10.5 Å². The largest absolute Gasteiger partial charge is 0.462 e. The summed E-state index contributed by atoms with van der Waals surface area (Å²) in [6, 6.07) is 0. The SMILES string of the molecule is CC(CN)CCC(=O)OC1CCCCC1C. The van der Waals surface area contributed by atoms with Crippen LogP contribution in [0.15, 0.2) is 0 Å². The number of carbonyl (C=O) groups excluding carboxylic acids is 1. The van der Waals surface area contributed by atoms with Gasteiger partial charge in [-0.2, -0.15) is 0 Å². The Hall–Kier alpha value is -0.570. The maximum absolute atomic E-state index is 11.6. The minimum Gasteiger partial charge on any atom is -0.462 e. The summed E-state index contributed by atoms with van der Waals surface area (Å²) in [4.78, 5) is 11.6. The lowest BCUT2D eigenvalue weighted by Gasteiger charge is -2.28. The van der Waals surface area contributed by atoms with Crippen molar-refractivity contribution in [1.82, 2.24) is 0 Å². The third-order valence-electron chi connectivity index (χ3n) is 3.56. The van der Waals surface area contributed by atoms with Gasteiger partial charge in [-0.1, -0.05) is 20.3 Å². The van der Waals surface area contributed by atoms with Gasteiger partial charge in [-0.3, -0.25) is 4.79 Å². The number of esters is 1. The molecule has 0 aromatic rings. The number of rotatable bonds is 5. The summed E-state index contributed by atoms with van der Waals surface area (Å²) in [6.07, 6.45) is 6.23. The van der Waals surface area contributed by atoms with E-state index in [0.29, 0.717) is 24.8 Å². The summed E-state index contributed by atoms with van der Waals surface area (Å²) in [5.41, 5.74) is 5.51. The number of carbonyl (C=O) groups is 1. The lowest BCUT2D eigenvalue weighted by molar-refractivity contribution is -0.153. The Balaban J connectivity index is 2.22. The van der Waals surface area contributed by atoms with Gasteiger partial charge in [0.1, 0.15) is 6.10 Å². The van der Waals surface area contributed by atoms with Gasteiger partial charge in [0, 0.05) is 6.42 Å². The number of hydrogen-bond donors (Lipinski definition) is 1. The predicted octanol–water partition coefficient (Wildman–Crippen LogP) is 2.48. The summed E-state index contributed by atoms with van der Waals surface area (Å²) in [5.74, 6) is 0.903. The first-order valence-corrected chi connectivity index (χ1v) is 6.53. The summed E-state index contributed by atoms with van der Waals surface area (Å²) in [7, 11) is 0. The molecule has 3 unspecified atom stereocenters. The second-order valence-electron chi connectivity index (χ2n) is 5.17. The molecule has 94 valence electrons. The van der Waals surface area contributed by atoms with Gasteiger partial charge in [0.15, 0.2) is 0 Å². The molecular weight excluding hydrogens is 202 g/mol. The Morgan fingerprint density at radius 2 is 2.12 bits per heavy atom. The fourth-order valence-electron chi connectivity index (χ4n) is 2.17. The van der Waals surface area contributed by atoms with Gasteiger partial charge in [0.05, 0.1) is 0 Å². The molecule has 1 aliphatic rings. The molecule has 16 heavy (non-hydrogen) atoms. The summed E-state index contributed by atoms with van der Waals surface area (Å²) >= 11 is 0. The van der Waals surface area contributed by atoms with Crippen LogP contribution in [0.2, 0.25) is 0 Å². The molecule has 1 aliphatic carbocycles. The monoisotopic (exact) mass is 227 g/mol. The average molecular weight is 227 g/mol. The first kappa shape index (κ1) is 13.5. The van der Waals surface area contributed by atoms with E-state index in [1.165, 1.54) is 19.3 Å². The maximum atomic E-state index is 11.6. The average Bonchev–Trinajstić information content (AvgIpc) is 2.29. The van der Waals surface area contributed by atoms with E-state index in [1.807, 2.05) is 0 Å². The van der Waals surface area contributed by atoms with Crippen LogP contribution in [0.1, 0.15) is 52.4 Å². The topological polar surface area (TPSA) is 52.3 Å². The van der Waals surface area contributed by atoms with E-state index in [9.17, 15) is 4.79 Å². The van der Waals surface area contributed by atoms with Crippen molar-refractivity contribution in [3.05, 3.63) is 0 Å². The van der Waals surface area contributed by atoms with E-state index in [1.54, 1.807) is 0 Å². The van der Waals surface area contributed by atoms with E-state index in [2.05, 4.69) is 13.8 Å². The van der Waals surface area contributed by atoms with Crippen molar-refractivity contribution in [2.75, 3.05) is 6.54 Å². The molecule has 1 fully saturated rings. The maximum Gasteiger partial charge on any atom is 0.306 e. The number of nitrogens with two attached hydrogens (primary N) is 1. The van der Waals surface area contributed by atoms with Gasteiger partial charge in [-0.25, -0.2) is 0 Å². The molecule has 0 aromatic heterocycles. The quantitative estimate of drug-likeness (QED) is 0.734. The molecule has 0 amide bonds. The Morgan fingerprint density at radius 3 is 2.75 bits per heavy atom. The van der Waals surface area contributed by atoms with Crippen LogP contribution in [0.4, 0.5) is 0 Å². The van der Waals surface area contributed by atoms with E-state index in [-0.39, 0.29) is 12.1 Å². The van der Waals surface area contributed by atoms with E-state index in [0.717, 1.165) is 12.8 Å². The highest BCUT2D eigenvalue weighted by atomic mass is 16.5. The van der Waals surface area contributed by atoms with Crippen molar-refractivity contribution in [1.29, 1.82) is 0 Å². The fourth-order valence-corrected chi connectivity index (χ4v) is 2.17. The first-order chi connectivity index (χ1) is 7.63. The predicted molar refractivity (Wildman–Crippen MR) is 65.0 cm³/mol. The molecule has 0 spiro atoms. The second-order valence-corrected chi connectivity index (χ2v) is 5.17. The number of hydrogen-bond acceptors (Lipinski definition) is 3. The normalized spacial score (nSPS) is 27.4. The smallest absolute Gasteiger partial charge is 0.306 e. The number of ether oxygens (including phenoxy) is 1. The molecule has 0 aliphatic heterocycles. The Morgan fingerprint density at radius 1 is 1.44 bits per heavy atom. The fraction of sp³-hybridized carbons (Fsp3) is 0.923. The first-order valence-electron chi connectivity index (χ1n) is 6.53. The van der Waals surface area contributed by atoms with Crippen LogP contribution in [0.25, 0.3) is 0 Å². The van der Waals surface area contributed by atoms with Crippen molar-refractivity contribution in [3.8, 4) is 0 Å². The molecule has 0 heterocycles. The Kier molecular flexibility index (Phi) is 5.81. The highest BCUT2D eigenvalue weighted by Crippen LogP contribution is 2.26. The molecule has 1 rings (SSSR count). The lowest BCUT2D eigenvalue weighted by Crippen LogP contribution is -2.28. The zero-order chi connectivity index (χ0) is 12.0. The van der Waals surface area contributed by atoms with Crippen molar-refractivity contribution in [2.45, 2.75) is 58.5 Å². The van der Waals surface area contributed by atoms with Crippen LogP contribution < -0.4 is 5.73 Å². The van der Waals surface area contributed by atoms with Crippen LogP contribution >= 0.6 is 0 Å². The summed E-state index contributed by atoms with van der Waals surface area (Å²) in [6.45, 7) is 4.89. The third kappa shape index (κ3) is 4.52. The van der Waals surface area contributed by atoms with Crippen LogP contribution in [-0.4, -0.2) is 18.6 Å². The standard InChI is InChI=1S/C13H25NO2/c1-10(9-14)7-8-13(15)16-12-6-4-3-5-11(12)2/h10-12H,3-9,14H2,1-2H3. The van der Waals surface area contributed by atoms with Gasteiger partial charge in [0.25, 0.3) is 0 Å². The van der Waals surface area contributed by atoms with Crippen LogP contribution in [-0.2, 0) is 9.53 Å². The molecule has 3 nitrogen and oxygen atoms in total. The summed E-state index contributed by atoms with van der Waals surface area (Å²) < 4.78 is 5.52. The van der Waals surface area contributed by atoms with E-state index < -0.39 is 0 Å². The van der Waals surface area contributed by atoms with Gasteiger partial charge in [0.2, 0.25) is 0 Å². The molecule has 2 N–H and O–H groups in total. The molecule has 0 saturated heterocycles. The Labute approximate surface area is 98.7 Å². The summed E-state index contributed by atoms with van der Waals surface area (Å²) in [5, 5.41) is 0.